The van der Waals surface area contributed by atoms with E-state index in [1.807, 2.05) is 12.1 Å². The predicted octanol–water partition coefficient (Wildman–Crippen LogP) is 0.815. The molecule has 4 rings (SSSR count). The van der Waals surface area contributed by atoms with E-state index in [1.165, 1.54) is 19.3 Å². The van der Waals surface area contributed by atoms with E-state index in [2.05, 4.69) is 25.1 Å². The highest BCUT2D eigenvalue weighted by molar-refractivity contribution is 5.45. The van der Waals surface area contributed by atoms with E-state index in [9.17, 15) is 0 Å². The molecule has 0 amide bonds. The first-order valence-electron chi connectivity index (χ1n) is 8.14. The number of fused-ring (bicyclic) bond motifs is 1. The Morgan fingerprint density at radius 1 is 1.14 bits per heavy atom. The summed E-state index contributed by atoms with van der Waals surface area (Å²) in [4.78, 5) is 4.85. The molecular formula is C15H22N6O. The van der Waals surface area contributed by atoms with Gasteiger partial charge in [0.25, 0.3) is 0 Å². The largest absolute Gasteiger partial charge is 0.377 e. The van der Waals surface area contributed by atoms with E-state index in [-0.39, 0.29) is 0 Å². The number of aromatic nitrogens is 4. The van der Waals surface area contributed by atoms with Gasteiger partial charge in [-0.15, -0.1) is 15.3 Å². The lowest BCUT2D eigenvalue weighted by Crippen LogP contribution is -2.49. The van der Waals surface area contributed by atoms with Crippen molar-refractivity contribution in [2.24, 2.45) is 0 Å². The van der Waals surface area contributed by atoms with Gasteiger partial charge in [-0.2, -0.15) is 4.52 Å². The average molecular weight is 302 g/mol. The molecule has 118 valence electrons. The third-order valence-electron chi connectivity index (χ3n) is 4.58. The second-order valence-corrected chi connectivity index (χ2v) is 6.10. The number of rotatable bonds is 3. The van der Waals surface area contributed by atoms with Crippen LogP contribution in [0.1, 0.15) is 19.3 Å². The molecule has 2 saturated heterocycles. The third kappa shape index (κ3) is 2.91. The van der Waals surface area contributed by atoms with Crippen LogP contribution in [-0.4, -0.2) is 70.1 Å². The Hall–Kier alpha value is -1.73. The molecule has 7 heteroatoms. The van der Waals surface area contributed by atoms with Gasteiger partial charge in [-0.05, 0) is 31.4 Å². The molecule has 0 bridgehead atoms. The van der Waals surface area contributed by atoms with E-state index in [0.29, 0.717) is 6.10 Å². The topological polar surface area (TPSA) is 58.8 Å². The van der Waals surface area contributed by atoms with E-state index >= 15 is 0 Å². The molecule has 1 atom stereocenters. The van der Waals surface area contributed by atoms with Crippen molar-refractivity contribution < 1.29 is 4.74 Å². The van der Waals surface area contributed by atoms with Crippen molar-refractivity contribution in [3.05, 3.63) is 18.5 Å². The van der Waals surface area contributed by atoms with Gasteiger partial charge in [-0.25, -0.2) is 0 Å². The minimum Gasteiger partial charge on any atom is -0.377 e. The molecule has 0 N–H and O–H groups in total. The maximum Gasteiger partial charge on any atom is 0.177 e. The van der Waals surface area contributed by atoms with Gasteiger partial charge in [0.2, 0.25) is 0 Å². The monoisotopic (exact) mass is 302 g/mol. The van der Waals surface area contributed by atoms with Crippen molar-refractivity contribution in [3.8, 4) is 0 Å². The summed E-state index contributed by atoms with van der Waals surface area (Å²) in [5.74, 6) is 1.00. The first-order valence-corrected chi connectivity index (χ1v) is 8.14. The number of ether oxygens (including phenoxy) is 1. The SMILES string of the molecule is c1cc2nncn2nc1N1CCN(CC2CCCCO2)CC1. The van der Waals surface area contributed by atoms with Crippen molar-refractivity contribution in [3.63, 3.8) is 0 Å². The lowest BCUT2D eigenvalue weighted by molar-refractivity contribution is -0.00647. The highest BCUT2D eigenvalue weighted by atomic mass is 16.5. The van der Waals surface area contributed by atoms with Crippen LogP contribution in [0.25, 0.3) is 5.65 Å². The summed E-state index contributed by atoms with van der Waals surface area (Å²) in [6, 6.07) is 4.00. The number of hydrogen-bond acceptors (Lipinski definition) is 6. The zero-order chi connectivity index (χ0) is 14.8. The molecule has 7 nitrogen and oxygen atoms in total. The Morgan fingerprint density at radius 2 is 2.05 bits per heavy atom. The minimum atomic E-state index is 0.437. The summed E-state index contributed by atoms with van der Waals surface area (Å²) in [5.41, 5.74) is 0.789. The van der Waals surface area contributed by atoms with Crippen LogP contribution in [0, 0.1) is 0 Å². The van der Waals surface area contributed by atoms with Gasteiger partial charge < -0.3 is 9.64 Å². The van der Waals surface area contributed by atoms with Crippen molar-refractivity contribution in [1.82, 2.24) is 24.7 Å². The van der Waals surface area contributed by atoms with Crippen LogP contribution in [0.5, 0.6) is 0 Å². The second kappa shape index (κ2) is 6.18. The molecule has 2 aromatic heterocycles. The summed E-state index contributed by atoms with van der Waals surface area (Å²) in [6.45, 7) is 6.17. The van der Waals surface area contributed by atoms with Crippen LogP contribution in [0.15, 0.2) is 18.5 Å². The van der Waals surface area contributed by atoms with Crippen LogP contribution in [0.3, 0.4) is 0 Å². The Balaban J connectivity index is 1.34. The molecule has 0 aliphatic carbocycles. The quantitative estimate of drug-likeness (QED) is 0.836. The second-order valence-electron chi connectivity index (χ2n) is 6.10. The molecule has 4 heterocycles. The summed E-state index contributed by atoms with van der Waals surface area (Å²) in [5, 5.41) is 12.4. The van der Waals surface area contributed by atoms with Gasteiger partial charge in [-0.3, -0.25) is 4.90 Å². The predicted molar refractivity (Wildman–Crippen MR) is 83.0 cm³/mol. The fourth-order valence-corrected chi connectivity index (χ4v) is 3.29. The Morgan fingerprint density at radius 3 is 2.86 bits per heavy atom. The molecule has 2 aromatic rings. The van der Waals surface area contributed by atoms with Gasteiger partial charge >= 0.3 is 0 Å². The van der Waals surface area contributed by atoms with Crippen LogP contribution < -0.4 is 4.90 Å². The van der Waals surface area contributed by atoms with Gasteiger partial charge in [0.15, 0.2) is 5.65 Å². The van der Waals surface area contributed by atoms with E-state index in [0.717, 1.165) is 50.8 Å². The zero-order valence-electron chi connectivity index (χ0n) is 12.8. The van der Waals surface area contributed by atoms with Crippen LogP contribution in [-0.2, 0) is 4.74 Å². The standard InChI is InChI=1S/C15H22N6O/c1-2-10-22-13(3-1)11-19-6-8-20(9-7-19)15-5-4-14-17-16-12-21(14)18-15/h4-5,12-13H,1-3,6-11H2. The highest BCUT2D eigenvalue weighted by Gasteiger charge is 2.22. The molecule has 2 aliphatic rings. The van der Waals surface area contributed by atoms with Crippen molar-refractivity contribution >= 4 is 11.5 Å². The number of anilines is 1. The van der Waals surface area contributed by atoms with Crippen LogP contribution in [0.2, 0.25) is 0 Å². The lowest BCUT2D eigenvalue weighted by atomic mass is 10.1. The maximum absolute atomic E-state index is 5.85. The van der Waals surface area contributed by atoms with Gasteiger partial charge in [-0.1, -0.05) is 0 Å². The number of hydrogen-bond donors (Lipinski definition) is 0. The normalized spacial score (nSPS) is 24.0. The van der Waals surface area contributed by atoms with Gasteiger partial charge in [0, 0.05) is 39.3 Å². The first kappa shape index (κ1) is 13.9. The van der Waals surface area contributed by atoms with Crippen molar-refractivity contribution in [2.45, 2.75) is 25.4 Å². The smallest absolute Gasteiger partial charge is 0.177 e. The van der Waals surface area contributed by atoms with Crippen molar-refractivity contribution in [2.75, 3.05) is 44.2 Å². The lowest BCUT2D eigenvalue weighted by Gasteiger charge is -2.37. The third-order valence-corrected chi connectivity index (χ3v) is 4.58. The number of piperazine rings is 1. The minimum absolute atomic E-state index is 0.437. The highest BCUT2D eigenvalue weighted by Crippen LogP contribution is 2.17. The summed E-state index contributed by atoms with van der Waals surface area (Å²) in [6.07, 6.45) is 5.84. The molecule has 0 radical (unpaired) electrons. The molecule has 0 spiro atoms. The van der Waals surface area contributed by atoms with E-state index < -0.39 is 0 Å². The molecule has 22 heavy (non-hydrogen) atoms. The Kier molecular flexibility index (Phi) is 3.90. The first-order chi connectivity index (χ1) is 10.9. The molecule has 2 fully saturated rings. The van der Waals surface area contributed by atoms with E-state index in [4.69, 9.17) is 4.74 Å². The number of nitrogens with zero attached hydrogens (tertiary/aromatic N) is 6. The molecule has 0 saturated carbocycles. The fourth-order valence-electron chi connectivity index (χ4n) is 3.29. The van der Waals surface area contributed by atoms with Crippen molar-refractivity contribution in [1.29, 1.82) is 0 Å². The zero-order valence-corrected chi connectivity index (χ0v) is 12.8. The van der Waals surface area contributed by atoms with Crippen LogP contribution in [0.4, 0.5) is 5.82 Å². The summed E-state index contributed by atoms with van der Waals surface area (Å²) in [7, 11) is 0. The average Bonchev–Trinajstić information content (AvgIpc) is 3.04. The van der Waals surface area contributed by atoms with Gasteiger partial charge in [0.1, 0.15) is 12.1 Å². The Bertz CT molecular complexity index is 615. The maximum atomic E-state index is 5.85. The molecule has 0 aromatic carbocycles. The summed E-state index contributed by atoms with van der Waals surface area (Å²) < 4.78 is 7.58. The van der Waals surface area contributed by atoms with Crippen LogP contribution >= 0.6 is 0 Å². The molecular weight excluding hydrogens is 280 g/mol. The Labute approximate surface area is 129 Å². The molecule has 2 aliphatic heterocycles. The summed E-state index contributed by atoms with van der Waals surface area (Å²) >= 11 is 0. The fraction of sp³-hybridized carbons (Fsp3) is 0.667. The van der Waals surface area contributed by atoms with Gasteiger partial charge in [0.05, 0.1) is 6.10 Å². The molecule has 1 unspecified atom stereocenters. The van der Waals surface area contributed by atoms with E-state index in [1.54, 1.807) is 10.8 Å².